The molecule has 3 rings (SSSR count). The smallest absolute Gasteiger partial charge is 0.377 e. The van der Waals surface area contributed by atoms with Gasteiger partial charge < -0.3 is 4.18 Å². The highest BCUT2D eigenvalue weighted by molar-refractivity contribution is 7.88. The molecule has 3 nitrogen and oxygen atoms in total. The van der Waals surface area contributed by atoms with Crippen LogP contribution in [0.4, 0.5) is 39.5 Å². The van der Waals surface area contributed by atoms with E-state index in [1.807, 2.05) is 12.1 Å². The van der Waals surface area contributed by atoms with Gasteiger partial charge in [-0.25, -0.2) is 0 Å². The molecule has 0 aliphatic heterocycles. The molecule has 0 N–H and O–H groups in total. The van der Waals surface area contributed by atoms with Gasteiger partial charge in [-0.1, -0.05) is 54.1 Å². The Hall–Kier alpha value is -2.87. The van der Waals surface area contributed by atoms with E-state index in [4.69, 9.17) is 0 Å². The van der Waals surface area contributed by atoms with Crippen LogP contribution in [0.5, 0.6) is 5.75 Å². The number of benzene rings is 3. The summed E-state index contributed by atoms with van der Waals surface area (Å²) >= 11 is 1.28. The first kappa shape index (κ1) is 32.3. The Balaban J connectivity index is 0.000000338. The molecule has 214 valence electrons. The largest absolute Gasteiger partial charge is 0.460 e. The van der Waals surface area contributed by atoms with Gasteiger partial charge in [-0.3, -0.25) is 0 Å². The third-order valence-corrected chi connectivity index (χ3v) is 7.38. The van der Waals surface area contributed by atoms with Crippen molar-refractivity contribution in [2.75, 3.05) is 0 Å². The normalized spacial score (nSPS) is 12.9. The standard InChI is InChI=1S/C13H11F9O3S.C12H10S/c1-6-4-7(2)9(8(3)5-6)25-26(23,24)13(21,22)11(16,17)10(14,15)12(18,19)20;1-3-7-11(8-4-1)13-12-9-5-2-6-10-12/h4-5H,1-3H3;1-10H/p+1. The predicted molar refractivity (Wildman–Crippen MR) is 129 cm³/mol. The first-order valence-corrected chi connectivity index (χ1v) is 13.1. The summed E-state index contributed by atoms with van der Waals surface area (Å²) in [6, 6.07) is 23.4. The summed E-state index contributed by atoms with van der Waals surface area (Å²) in [5.41, 5.74) is 0.200. The van der Waals surface area contributed by atoms with Crippen LogP contribution in [0.1, 0.15) is 16.7 Å². The minimum Gasteiger partial charge on any atom is -0.377 e. The summed E-state index contributed by atoms with van der Waals surface area (Å²) in [6.07, 6.45) is -7.13. The van der Waals surface area contributed by atoms with Gasteiger partial charge >= 0.3 is 33.4 Å². The maximum absolute atomic E-state index is 13.6. The zero-order valence-corrected chi connectivity index (χ0v) is 22.1. The predicted octanol–water partition coefficient (Wildman–Crippen LogP) is 7.67. The number of halogens is 9. The van der Waals surface area contributed by atoms with Gasteiger partial charge in [-0.15, -0.1) is 0 Å². The lowest BCUT2D eigenvalue weighted by molar-refractivity contribution is -0.382. The monoisotopic (exact) mass is 605 g/mol. The molecule has 3 aromatic carbocycles. The number of rotatable bonds is 7. The third-order valence-electron chi connectivity index (χ3n) is 5.00. The fourth-order valence-electron chi connectivity index (χ4n) is 3.13. The Kier molecular flexibility index (Phi) is 9.71. The van der Waals surface area contributed by atoms with Crippen molar-refractivity contribution in [3.05, 3.63) is 89.5 Å². The van der Waals surface area contributed by atoms with Crippen LogP contribution in [0.3, 0.4) is 0 Å². The average Bonchev–Trinajstić information content (AvgIpc) is 2.82. The quantitative estimate of drug-likeness (QED) is 0.120. The van der Waals surface area contributed by atoms with Crippen molar-refractivity contribution in [1.82, 2.24) is 0 Å². The van der Waals surface area contributed by atoms with E-state index < -0.39 is 39.1 Å². The Morgan fingerprint density at radius 1 is 0.641 bits per heavy atom. The van der Waals surface area contributed by atoms with Gasteiger partial charge in [0.1, 0.15) is 5.75 Å². The van der Waals surface area contributed by atoms with Crippen molar-refractivity contribution < 1.29 is 52.1 Å². The van der Waals surface area contributed by atoms with E-state index in [9.17, 15) is 47.9 Å². The highest BCUT2D eigenvalue weighted by Gasteiger charge is 2.86. The highest BCUT2D eigenvalue weighted by Crippen LogP contribution is 2.55. The van der Waals surface area contributed by atoms with Gasteiger partial charge in [0, 0.05) is 11.8 Å². The van der Waals surface area contributed by atoms with E-state index in [-0.39, 0.29) is 11.1 Å². The van der Waals surface area contributed by atoms with Crippen molar-refractivity contribution >= 4 is 21.9 Å². The fourth-order valence-corrected chi connectivity index (χ4v) is 5.10. The van der Waals surface area contributed by atoms with Gasteiger partial charge in [0.25, 0.3) is 0 Å². The van der Waals surface area contributed by atoms with Crippen molar-refractivity contribution in [3.8, 4) is 5.75 Å². The molecular weight excluding hydrogens is 583 g/mol. The molecule has 0 radical (unpaired) electrons. The molecule has 0 bridgehead atoms. The van der Waals surface area contributed by atoms with E-state index in [1.165, 1.54) is 40.6 Å². The van der Waals surface area contributed by atoms with E-state index in [1.54, 1.807) is 0 Å². The van der Waals surface area contributed by atoms with E-state index in [0.717, 1.165) is 13.8 Å². The summed E-state index contributed by atoms with van der Waals surface area (Å²) < 4.78 is 142. The molecule has 0 saturated heterocycles. The number of hydrogen-bond donors (Lipinski definition) is 0. The molecule has 0 aliphatic carbocycles. The second kappa shape index (κ2) is 11.7. The van der Waals surface area contributed by atoms with E-state index in [2.05, 4.69) is 52.7 Å². The zero-order chi connectivity index (χ0) is 29.9. The third kappa shape index (κ3) is 7.02. The van der Waals surface area contributed by atoms with Crippen LogP contribution in [-0.2, 0) is 21.9 Å². The molecule has 0 aliphatic rings. The average molecular weight is 606 g/mol. The number of thiol groups is 1. The second-order valence-electron chi connectivity index (χ2n) is 8.21. The van der Waals surface area contributed by atoms with E-state index in [0.29, 0.717) is 5.56 Å². The zero-order valence-electron chi connectivity index (χ0n) is 20.4. The van der Waals surface area contributed by atoms with Gasteiger partial charge in [-0.05, 0) is 56.2 Å². The van der Waals surface area contributed by atoms with Crippen molar-refractivity contribution in [2.45, 2.75) is 53.8 Å². The molecule has 14 heteroatoms. The van der Waals surface area contributed by atoms with Crippen LogP contribution in [0.15, 0.2) is 82.6 Å². The van der Waals surface area contributed by atoms with Crippen LogP contribution in [-0.4, -0.2) is 31.7 Å². The Morgan fingerprint density at radius 3 is 1.38 bits per heavy atom. The van der Waals surface area contributed by atoms with Crippen LogP contribution in [0.2, 0.25) is 0 Å². The molecule has 0 saturated carbocycles. The summed E-state index contributed by atoms with van der Waals surface area (Å²) in [5, 5.41) is -6.89. The molecule has 39 heavy (non-hydrogen) atoms. The van der Waals surface area contributed by atoms with Crippen LogP contribution < -0.4 is 4.18 Å². The molecule has 3 aromatic rings. The van der Waals surface area contributed by atoms with Crippen LogP contribution in [0, 0.1) is 20.8 Å². The van der Waals surface area contributed by atoms with E-state index >= 15 is 0 Å². The lowest BCUT2D eigenvalue weighted by atomic mass is 10.1. The Labute approximate surface area is 223 Å². The first-order chi connectivity index (χ1) is 17.7. The Morgan fingerprint density at radius 2 is 1.03 bits per heavy atom. The van der Waals surface area contributed by atoms with Gasteiger partial charge in [0.15, 0.2) is 9.79 Å². The minimum absolute atomic E-state index is 0.146. The number of alkyl halides is 9. The van der Waals surface area contributed by atoms with Crippen molar-refractivity contribution in [3.63, 3.8) is 0 Å². The lowest BCUT2D eigenvalue weighted by Gasteiger charge is -2.32. The maximum atomic E-state index is 13.6. The van der Waals surface area contributed by atoms with Gasteiger partial charge in [0.2, 0.25) is 0 Å². The number of aryl methyl sites for hydroxylation is 3. The topological polar surface area (TPSA) is 43.4 Å². The molecule has 0 heterocycles. The fraction of sp³-hybridized carbons (Fsp3) is 0.280. The highest BCUT2D eigenvalue weighted by atomic mass is 32.2. The molecule has 0 atom stereocenters. The minimum atomic E-state index is -7.34. The molecule has 0 fully saturated rings. The molecule has 0 aromatic heterocycles. The summed E-state index contributed by atoms with van der Waals surface area (Å²) in [7, 11) is -6.94. The van der Waals surface area contributed by atoms with Crippen LogP contribution in [0.25, 0.3) is 0 Å². The molecular formula is C25H22F9O3S2+. The van der Waals surface area contributed by atoms with Crippen molar-refractivity contribution in [1.29, 1.82) is 0 Å². The van der Waals surface area contributed by atoms with Crippen molar-refractivity contribution in [2.24, 2.45) is 0 Å². The lowest BCUT2D eigenvalue weighted by Crippen LogP contribution is -2.63. The Bertz CT molecular complexity index is 1300. The van der Waals surface area contributed by atoms with Gasteiger partial charge in [-0.2, -0.15) is 47.9 Å². The summed E-state index contributed by atoms with van der Waals surface area (Å²) in [6.45, 7) is 3.77. The SMILES string of the molecule is Cc1cc(C)c(OS(=O)(=O)C(F)(F)C(F)(F)C(F)(F)C(F)(F)F)c(C)c1.c1ccc([SH+]c2ccccc2)cc1. The first-order valence-electron chi connectivity index (χ1n) is 10.8. The van der Waals surface area contributed by atoms with Crippen LogP contribution >= 0.6 is 0 Å². The summed E-state index contributed by atoms with van der Waals surface area (Å²) in [5.74, 6) is -15.6. The van der Waals surface area contributed by atoms with Gasteiger partial charge in [0.05, 0.1) is 0 Å². The second-order valence-corrected chi connectivity index (χ2v) is 11.1. The maximum Gasteiger partial charge on any atom is 0.460 e. The molecule has 0 unspecified atom stereocenters. The molecule has 0 spiro atoms. The number of hydrogen-bond acceptors (Lipinski definition) is 3. The molecule has 0 amide bonds. The summed E-state index contributed by atoms with van der Waals surface area (Å²) in [4.78, 5) is 2.68.